The lowest BCUT2D eigenvalue weighted by atomic mass is 9.62. The number of cyclic esters (lactones) is 1. The molecule has 1 aromatic carbocycles. The lowest BCUT2D eigenvalue weighted by Gasteiger charge is -2.41. The maximum Gasteiger partial charge on any atom is 0.410 e. The Morgan fingerprint density at radius 3 is 2.55 bits per heavy atom. The monoisotopic (exact) mass is 676 g/mol. The first-order chi connectivity index (χ1) is 23.2. The molecule has 1 aromatic heterocycles. The van der Waals surface area contributed by atoms with E-state index >= 15 is 0 Å². The minimum Gasteiger partial charge on any atom is -0.458 e. The lowest BCUT2D eigenvalue weighted by molar-refractivity contribution is -0.170. The molecule has 0 aliphatic carbocycles. The number of ether oxygens (including phenoxy) is 3. The van der Waals surface area contributed by atoms with E-state index in [2.05, 4.69) is 29.1 Å². The number of Topliss-reactive ketones (excluding diaryl/α,β-unsaturated/α-hetero) is 1. The fraction of sp³-hybridized carbons (Fsp3) is 0.639. The zero-order valence-corrected chi connectivity index (χ0v) is 30.1. The van der Waals surface area contributed by atoms with Crippen LogP contribution < -0.4 is 11.1 Å². The predicted molar refractivity (Wildman–Crippen MR) is 189 cm³/mol. The van der Waals surface area contributed by atoms with Crippen LogP contribution in [0.2, 0.25) is 5.82 Å². The number of carbonyl (C=O) groups is 3. The molecule has 0 saturated carbocycles. The number of aryl methyl sites for hydroxylation is 1. The molecule has 2 saturated heterocycles. The van der Waals surface area contributed by atoms with Gasteiger partial charge < -0.3 is 25.3 Å². The number of ketones is 1. The number of nitrogens with one attached hydrogen (secondary N) is 1. The maximum absolute atomic E-state index is 13.7. The van der Waals surface area contributed by atoms with Crippen LogP contribution in [0.3, 0.4) is 0 Å². The summed E-state index contributed by atoms with van der Waals surface area (Å²) < 4.78 is 19.9. The van der Waals surface area contributed by atoms with Crippen molar-refractivity contribution in [3.63, 3.8) is 0 Å². The van der Waals surface area contributed by atoms with Crippen LogP contribution in [-0.2, 0) is 30.3 Å². The molecule has 0 spiro atoms. The topological polar surface area (TPSA) is 151 Å². The van der Waals surface area contributed by atoms with Gasteiger partial charge in [-0.2, -0.15) is 0 Å². The third-order valence-electron chi connectivity index (χ3n) is 10.5. The van der Waals surface area contributed by atoms with E-state index in [0.717, 1.165) is 17.7 Å². The third-order valence-corrected chi connectivity index (χ3v) is 10.5. The van der Waals surface area contributed by atoms with Crippen molar-refractivity contribution >= 4 is 31.4 Å². The highest BCUT2D eigenvalue weighted by atomic mass is 16.6. The van der Waals surface area contributed by atoms with Gasteiger partial charge in [0.05, 0.1) is 25.7 Å². The lowest BCUT2D eigenvalue weighted by Crippen LogP contribution is -2.61. The van der Waals surface area contributed by atoms with Crippen LogP contribution in [0.1, 0.15) is 67.2 Å². The van der Waals surface area contributed by atoms with Crippen LogP contribution in [0.25, 0.3) is 11.3 Å². The molecule has 49 heavy (non-hydrogen) atoms. The second-order valence-electron chi connectivity index (χ2n) is 14.2. The number of aromatic nitrogens is 3. The number of nitrogens with two attached hydrogens (primary N) is 1. The molecular weight excluding hydrogens is 623 g/mol. The van der Waals surface area contributed by atoms with Gasteiger partial charge in [0.1, 0.15) is 23.5 Å². The van der Waals surface area contributed by atoms with E-state index in [0.29, 0.717) is 44.6 Å². The second kappa shape index (κ2) is 15.9. The van der Waals surface area contributed by atoms with Crippen molar-refractivity contribution in [1.29, 1.82) is 0 Å². The van der Waals surface area contributed by atoms with Crippen LogP contribution >= 0.6 is 0 Å². The van der Waals surface area contributed by atoms with Gasteiger partial charge in [-0.05, 0) is 76.9 Å². The molecule has 0 bridgehead atoms. The second-order valence-corrected chi connectivity index (χ2v) is 14.2. The first-order valence-electron chi connectivity index (χ1n) is 17.4. The van der Waals surface area contributed by atoms with Gasteiger partial charge in [0.25, 0.3) is 0 Å². The van der Waals surface area contributed by atoms with Crippen LogP contribution in [0.15, 0.2) is 43.1 Å². The molecular formula is C36H53BN6O6. The number of fused-ring (bicyclic) bond motifs is 1. The Morgan fingerprint density at radius 1 is 1.18 bits per heavy atom. The van der Waals surface area contributed by atoms with Gasteiger partial charge in [-0.3, -0.25) is 19.2 Å². The van der Waals surface area contributed by atoms with Crippen molar-refractivity contribution in [2.75, 3.05) is 25.9 Å². The van der Waals surface area contributed by atoms with Gasteiger partial charge in [0.15, 0.2) is 5.60 Å². The van der Waals surface area contributed by atoms with Crippen LogP contribution in [-0.4, -0.2) is 95.2 Å². The van der Waals surface area contributed by atoms with Crippen molar-refractivity contribution in [3.05, 3.63) is 43.1 Å². The maximum atomic E-state index is 13.7. The molecule has 12 nitrogen and oxygen atoms in total. The average Bonchev–Trinajstić information content (AvgIpc) is 3.65. The number of esters is 1. The van der Waals surface area contributed by atoms with E-state index in [-0.39, 0.29) is 11.7 Å². The number of nitrogen functional groups attached to an aromatic ring is 1. The van der Waals surface area contributed by atoms with Gasteiger partial charge in [-0.15, -0.1) is 11.7 Å². The molecule has 3 heterocycles. The number of amides is 1. The first-order valence-corrected chi connectivity index (χ1v) is 17.4. The summed E-state index contributed by atoms with van der Waals surface area (Å²) in [5.41, 5.74) is 6.14. The summed E-state index contributed by atoms with van der Waals surface area (Å²) in [7, 11) is 8.25. The average molecular weight is 677 g/mol. The molecule has 4 rings (SSSR count). The SMILES string of the molecule is [B][C@@H]1[C@@H](C)C(=O)[C@@H](C)C(=O)O[C@H](CC)[C@@]2(C)OC(=O)N(CCCCn3cc(-c4cccc(N)c4)nn3)[C@@H]2[C@@H](C=C)NC[C@H](C)C[C@@]1(C)OC. The Labute approximate surface area is 291 Å². The molecule has 1 amide bonds. The van der Waals surface area contributed by atoms with Crippen molar-refractivity contribution in [2.24, 2.45) is 17.8 Å². The van der Waals surface area contributed by atoms with E-state index < -0.39 is 59.1 Å². The highest BCUT2D eigenvalue weighted by Gasteiger charge is 2.58. The van der Waals surface area contributed by atoms with E-state index in [9.17, 15) is 14.4 Å². The normalized spacial score (nSPS) is 33.2. The summed E-state index contributed by atoms with van der Waals surface area (Å²) in [6, 6.07) is 6.52. The number of hydrogen-bond acceptors (Lipinski definition) is 10. The molecule has 2 aliphatic heterocycles. The molecule has 0 unspecified atom stereocenters. The van der Waals surface area contributed by atoms with Crippen molar-refractivity contribution in [3.8, 4) is 11.3 Å². The smallest absolute Gasteiger partial charge is 0.410 e. The quantitative estimate of drug-likeness (QED) is 0.0964. The van der Waals surface area contributed by atoms with Gasteiger partial charge >= 0.3 is 12.1 Å². The Kier molecular flexibility index (Phi) is 12.4. The number of nitrogens with zero attached hydrogens (tertiary/aromatic N) is 4. The zero-order valence-electron chi connectivity index (χ0n) is 30.1. The Hall–Kier alpha value is -3.71. The van der Waals surface area contributed by atoms with E-state index in [4.69, 9.17) is 27.8 Å². The highest BCUT2D eigenvalue weighted by molar-refractivity contribution is 6.15. The minimum absolute atomic E-state index is 0.0702. The molecule has 2 radical (unpaired) electrons. The molecule has 266 valence electrons. The number of anilines is 1. The number of methoxy groups -OCH3 is 1. The van der Waals surface area contributed by atoms with Gasteiger partial charge in [0, 0.05) is 43.4 Å². The van der Waals surface area contributed by atoms with Crippen molar-refractivity contribution < 1.29 is 28.6 Å². The van der Waals surface area contributed by atoms with Crippen LogP contribution in [0, 0.1) is 17.8 Å². The molecule has 2 aliphatic rings. The van der Waals surface area contributed by atoms with E-state index in [1.165, 1.54) is 0 Å². The number of benzene rings is 1. The van der Waals surface area contributed by atoms with Crippen molar-refractivity contribution in [2.45, 2.75) is 109 Å². The van der Waals surface area contributed by atoms with E-state index in [1.807, 2.05) is 44.3 Å². The highest BCUT2D eigenvalue weighted by Crippen LogP contribution is 2.41. The summed E-state index contributed by atoms with van der Waals surface area (Å²) in [4.78, 5) is 42.5. The fourth-order valence-corrected chi connectivity index (χ4v) is 7.41. The zero-order chi connectivity index (χ0) is 36.1. The Balaban J connectivity index is 1.57. The summed E-state index contributed by atoms with van der Waals surface area (Å²) in [5.74, 6) is -3.32. The standard InChI is InChI=1S/C36H53BN6O6/c1-9-27-32-36(7,49-34(46)43(32)17-12-11-16-42-21-28(40-41-42)25-14-13-15-26(38)18-25)29(10-2)48-33(45)24(5)30(44)23(4)31(37)35(6,47-8)19-22(3)20-39-27/h9,13-15,18,21-24,27,29,31-32,39H,1,10-12,16-17,19-20,38H2,2-8H3/t22-,23+,24-,27-,29-,31-,32-,35-,36-/m1/s1. The minimum atomic E-state index is -1.24. The van der Waals surface area contributed by atoms with Crippen LogP contribution in [0.4, 0.5) is 10.5 Å². The number of rotatable bonds is 9. The molecule has 2 aromatic rings. The summed E-state index contributed by atoms with van der Waals surface area (Å²) in [6.07, 6.45) is 4.62. The van der Waals surface area contributed by atoms with Crippen molar-refractivity contribution in [1.82, 2.24) is 25.2 Å². The summed E-state index contributed by atoms with van der Waals surface area (Å²) in [5, 5.41) is 12.2. The van der Waals surface area contributed by atoms with Gasteiger partial charge in [-0.1, -0.05) is 44.2 Å². The Morgan fingerprint density at radius 2 is 1.90 bits per heavy atom. The molecule has 2 fully saturated rings. The number of carbonyl (C=O) groups excluding carboxylic acids is 3. The molecule has 3 N–H and O–H groups in total. The summed E-state index contributed by atoms with van der Waals surface area (Å²) >= 11 is 0. The third kappa shape index (κ3) is 8.20. The fourth-order valence-electron chi connectivity index (χ4n) is 7.41. The number of hydrogen-bond donors (Lipinski definition) is 2. The Bertz CT molecular complexity index is 1490. The largest absolute Gasteiger partial charge is 0.458 e. The molecule has 9 atom stereocenters. The number of unbranched alkanes of at least 4 members (excludes halogenated alkanes) is 1. The van der Waals surface area contributed by atoms with Gasteiger partial charge in [-0.25, -0.2) is 4.79 Å². The predicted octanol–water partition coefficient (Wildman–Crippen LogP) is 4.60. The van der Waals surface area contributed by atoms with Gasteiger partial charge in [0.2, 0.25) is 0 Å². The molecule has 13 heteroatoms. The van der Waals surface area contributed by atoms with E-state index in [1.54, 1.807) is 43.5 Å². The van der Waals surface area contributed by atoms with Crippen LogP contribution in [0.5, 0.6) is 0 Å². The summed E-state index contributed by atoms with van der Waals surface area (Å²) in [6.45, 7) is 16.6. The first kappa shape index (κ1) is 38.1.